The average molecular weight is 321 g/mol. The van der Waals surface area contributed by atoms with Crippen LogP contribution in [-0.2, 0) is 4.74 Å². The third kappa shape index (κ3) is 3.02. The van der Waals surface area contributed by atoms with E-state index in [4.69, 9.17) is 15.9 Å². The highest BCUT2D eigenvalue weighted by atomic mass is 19.3. The molecule has 1 aromatic carbocycles. The van der Waals surface area contributed by atoms with Crippen molar-refractivity contribution < 1.29 is 13.5 Å². The Bertz CT molecular complexity index is 749. The molecule has 0 saturated carbocycles. The van der Waals surface area contributed by atoms with E-state index in [2.05, 4.69) is 4.98 Å². The first kappa shape index (κ1) is 15.4. The summed E-state index contributed by atoms with van der Waals surface area (Å²) < 4.78 is 33.0. The average Bonchev–Trinajstić information content (AvgIpc) is 2.95. The molecule has 0 unspecified atom stereocenters. The second-order valence-corrected chi connectivity index (χ2v) is 5.15. The smallest absolute Gasteiger partial charge is 0.296 e. The summed E-state index contributed by atoms with van der Waals surface area (Å²) in [4.78, 5) is 5.73. The molecule has 1 saturated heterocycles. The predicted octanol–water partition coefficient (Wildman–Crippen LogP) is 2.04. The number of ether oxygens (including phenoxy) is 1. The summed E-state index contributed by atoms with van der Waals surface area (Å²) >= 11 is 0. The van der Waals surface area contributed by atoms with Crippen molar-refractivity contribution in [2.24, 2.45) is 5.73 Å². The molecule has 2 heterocycles. The van der Waals surface area contributed by atoms with Gasteiger partial charge in [0.25, 0.3) is 6.43 Å². The van der Waals surface area contributed by atoms with Crippen LogP contribution in [0.25, 0.3) is 16.9 Å². The van der Waals surface area contributed by atoms with Crippen LogP contribution < -0.4 is 5.73 Å². The number of aromatic nitrogens is 2. The molecule has 0 aliphatic carbocycles. The number of fused-ring (bicyclic) bond motifs is 1. The van der Waals surface area contributed by atoms with E-state index in [0.29, 0.717) is 37.3 Å². The molecule has 122 valence electrons. The highest BCUT2D eigenvalue weighted by molar-refractivity contribution is 5.95. The third-order valence-corrected chi connectivity index (χ3v) is 3.68. The fraction of sp³-hybridized carbons (Fsp3) is 0.333. The topological polar surface area (TPSA) is 80.2 Å². The van der Waals surface area contributed by atoms with Gasteiger partial charge in [0.1, 0.15) is 11.7 Å². The Balaban J connectivity index is 1.99. The van der Waals surface area contributed by atoms with E-state index in [1.165, 1.54) is 10.6 Å². The monoisotopic (exact) mass is 321 g/mol. The number of halogens is 2. The van der Waals surface area contributed by atoms with Crippen molar-refractivity contribution in [1.82, 2.24) is 14.5 Å². The molecule has 3 N–H and O–H groups in total. The number of alkyl halides is 2. The lowest BCUT2D eigenvalue weighted by Gasteiger charge is -2.27. The van der Waals surface area contributed by atoms with Crippen LogP contribution in [-0.4, -0.2) is 46.6 Å². The Morgan fingerprint density at radius 3 is 2.70 bits per heavy atom. The number of nitrogens with zero attached hydrogens (tertiary/aromatic N) is 3. The summed E-state index contributed by atoms with van der Waals surface area (Å²) in [6.45, 7) is 2.23. The zero-order valence-electron chi connectivity index (χ0n) is 12.4. The quantitative estimate of drug-likeness (QED) is 0.670. The van der Waals surface area contributed by atoms with Gasteiger partial charge >= 0.3 is 0 Å². The van der Waals surface area contributed by atoms with E-state index in [-0.39, 0.29) is 11.7 Å². The minimum Gasteiger partial charge on any atom is -0.385 e. The van der Waals surface area contributed by atoms with Gasteiger partial charge in [0.05, 0.1) is 24.2 Å². The van der Waals surface area contributed by atoms with Gasteiger partial charge in [-0.3, -0.25) is 9.98 Å². The molecule has 2 aromatic rings. The van der Waals surface area contributed by atoms with E-state index in [1.807, 2.05) is 0 Å². The molecule has 1 aliphatic heterocycles. The molecule has 0 spiro atoms. The molecule has 1 fully saturated rings. The Morgan fingerprint density at radius 2 is 2.00 bits per heavy atom. The Kier molecular flexibility index (Phi) is 4.24. The standard InChI is InChI=1S/C15H17F2N5O/c16-14(17)15-20-10-3-1-2-4-11(10)22(15)13(19)9-12(18)21-5-7-23-8-6-21/h1-4,9,14,18H,5-8,19H2. The lowest BCUT2D eigenvalue weighted by molar-refractivity contribution is 0.0681. The van der Waals surface area contributed by atoms with E-state index in [9.17, 15) is 8.78 Å². The molecule has 0 amide bonds. The largest absolute Gasteiger partial charge is 0.385 e. The van der Waals surface area contributed by atoms with Crippen LogP contribution in [0.5, 0.6) is 0 Å². The number of rotatable bonds is 3. The number of nitrogens with two attached hydrogens (primary N) is 1. The van der Waals surface area contributed by atoms with E-state index in [1.54, 1.807) is 29.2 Å². The van der Waals surface area contributed by atoms with Crippen LogP contribution in [0.4, 0.5) is 8.78 Å². The molecular formula is C15H17F2N5O. The van der Waals surface area contributed by atoms with Crippen molar-refractivity contribution in [2.75, 3.05) is 26.3 Å². The lowest BCUT2D eigenvalue weighted by Crippen LogP contribution is -2.39. The molecule has 3 rings (SSSR count). The summed E-state index contributed by atoms with van der Waals surface area (Å²) in [6.07, 6.45) is -1.38. The molecule has 1 aromatic heterocycles. The van der Waals surface area contributed by atoms with Crippen molar-refractivity contribution in [1.29, 1.82) is 5.41 Å². The Hall–Kier alpha value is -2.48. The molecule has 8 heteroatoms. The SMILES string of the molecule is N=C(C=C(N)n1c(C(F)F)nc2ccccc21)N1CCOCC1. The Morgan fingerprint density at radius 1 is 1.30 bits per heavy atom. The van der Waals surface area contributed by atoms with Gasteiger partial charge in [0.2, 0.25) is 0 Å². The van der Waals surface area contributed by atoms with Crippen LogP contribution in [0.3, 0.4) is 0 Å². The fourth-order valence-electron chi connectivity index (χ4n) is 2.56. The summed E-state index contributed by atoms with van der Waals surface area (Å²) in [5.74, 6) is -0.205. The molecule has 23 heavy (non-hydrogen) atoms. The van der Waals surface area contributed by atoms with E-state index < -0.39 is 12.2 Å². The first-order valence-corrected chi connectivity index (χ1v) is 7.22. The number of amidine groups is 1. The molecule has 0 radical (unpaired) electrons. The molecule has 0 bridgehead atoms. The van der Waals surface area contributed by atoms with Crippen molar-refractivity contribution in [3.8, 4) is 0 Å². The maximum Gasteiger partial charge on any atom is 0.296 e. The van der Waals surface area contributed by atoms with E-state index in [0.717, 1.165) is 0 Å². The van der Waals surface area contributed by atoms with Crippen LogP contribution in [0.15, 0.2) is 30.3 Å². The molecule has 0 atom stereocenters. The number of hydrogen-bond donors (Lipinski definition) is 2. The van der Waals surface area contributed by atoms with Gasteiger partial charge in [-0.05, 0) is 12.1 Å². The van der Waals surface area contributed by atoms with Crippen LogP contribution in [0.2, 0.25) is 0 Å². The highest BCUT2D eigenvalue weighted by Gasteiger charge is 2.21. The van der Waals surface area contributed by atoms with Gasteiger partial charge in [-0.2, -0.15) is 0 Å². The van der Waals surface area contributed by atoms with E-state index >= 15 is 0 Å². The first-order chi connectivity index (χ1) is 11.1. The highest BCUT2D eigenvalue weighted by Crippen LogP contribution is 2.26. The van der Waals surface area contributed by atoms with Gasteiger partial charge in [0, 0.05) is 19.2 Å². The van der Waals surface area contributed by atoms with Gasteiger partial charge in [-0.15, -0.1) is 0 Å². The number of benzene rings is 1. The van der Waals surface area contributed by atoms with Gasteiger partial charge in [-0.25, -0.2) is 13.8 Å². The third-order valence-electron chi connectivity index (χ3n) is 3.68. The van der Waals surface area contributed by atoms with Crippen LogP contribution in [0, 0.1) is 5.41 Å². The summed E-state index contributed by atoms with van der Waals surface area (Å²) in [6, 6.07) is 6.78. The summed E-state index contributed by atoms with van der Waals surface area (Å²) in [5.41, 5.74) is 6.94. The van der Waals surface area contributed by atoms with Crippen LogP contribution in [0.1, 0.15) is 12.2 Å². The lowest BCUT2D eigenvalue weighted by atomic mass is 10.3. The zero-order valence-corrected chi connectivity index (χ0v) is 12.4. The zero-order chi connectivity index (χ0) is 16.4. The number of imidazole rings is 1. The molecule has 1 aliphatic rings. The van der Waals surface area contributed by atoms with Gasteiger partial charge in [-0.1, -0.05) is 12.1 Å². The number of nitrogens with one attached hydrogen (secondary N) is 1. The second-order valence-electron chi connectivity index (χ2n) is 5.15. The maximum atomic E-state index is 13.3. The summed E-state index contributed by atoms with van der Waals surface area (Å²) in [7, 11) is 0. The van der Waals surface area contributed by atoms with Crippen molar-refractivity contribution in [3.63, 3.8) is 0 Å². The first-order valence-electron chi connectivity index (χ1n) is 7.22. The summed E-state index contributed by atoms with van der Waals surface area (Å²) in [5, 5.41) is 8.09. The normalized spacial score (nSPS) is 16.3. The van der Waals surface area contributed by atoms with Gasteiger partial charge in [0.15, 0.2) is 5.82 Å². The second kappa shape index (κ2) is 6.33. The van der Waals surface area contributed by atoms with Gasteiger partial charge < -0.3 is 15.4 Å². The molecular weight excluding hydrogens is 304 g/mol. The van der Waals surface area contributed by atoms with Crippen molar-refractivity contribution in [3.05, 3.63) is 36.2 Å². The van der Waals surface area contributed by atoms with Crippen LogP contribution >= 0.6 is 0 Å². The predicted molar refractivity (Wildman–Crippen MR) is 83.3 cm³/mol. The Labute approximate surface area is 131 Å². The fourth-order valence-corrected chi connectivity index (χ4v) is 2.56. The number of para-hydroxylation sites is 2. The minimum atomic E-state index is -2.76. The molecule has 6 nitrogen and oxygen atoms in total. The number of hydrogen-bond acceptors (Lipinski definition) is 4. The minimum absolute atomic E-state index is 0.0468. The number of morpholine rings is 1. The van der Waals surface area contributed by atoms with Crippen molar-refractivity contribution in [2.45, 2.75) is 6.43 Å². The maximum absolute atomic E-state index is 13.3. The van der Waals surface area contributed by atoms with Crippen molar-refractivity contribution >= 4 is 22.7 Å².